The molecule has 3 nitrogen and oxygen atoms in total. The van der Waals surface area contributed by atoms with Crippen molar-refractivity contribution in [2.45, 2.75) is 19.4 Å². The average Bonchev–Trinajstić information content (AvgIpc) is 2.63. The molecule has 18 heavy (non-hydrogen) atoms. The van der Waals surface area contributed by atoms with Crippen LogP contribution in [0.1, 0.15) is 12.5 Å². The van der Waals surface area contributed by atoms with Gasteiger partial charge < -0.3 is 10.3 Å². The van der Waals surface area contributed by atoms with E-state index in [9.17, 15) is 0 Å². The van der Waals surface area contributed by atoms with Crippen LogP contribution in [0.15, 0.2) is 36.7 Å². The molecule has 2 aromatic heterocycles. The third-order valence-electron chi connectivity index (χ3n) is 3.43. The van der Waals surface area contributed by atoms with Crippen molar-refractivity contribution in [3.8, 4) is 0 Å². The van der Waals surface area contributed by atoms with Crippen molar-refractivity contribution < 1.29 is 0 Å². The Balaban J connectivity index is 2.29. The lowest BCUT2D eigenvalue weighted by Gasteiger charge is -2.05. The van der Waals surface area contributed by atoms with Crippen LogP contribution in [-0.4, -0.2) is 15.6 Å². The van der Waals surface area contributed by atoms with Crippen LogP contribution in [0.25, 0.3) is 21.8 Å². The molecule has 0 bridgehead atoms. The van der Waals surface area contributed by atoms with Crippen LogP contribution in [0.2, 0.25) is 0 Å². The van der Waals surface area contributed by atoms with E-state index in [0.717, 1.165) is 6.42 Å². The van der Waals surface area contributed by atoms with Crippen molar-refractivity contribution in [2.75, 3.05) is 0 Å². The van der Waals surface area contributed by atoms with Gasteiger partial charge in [-0.25, -0.2) is 0 Å². The maximum atomic E-state index is 5.87. The fourth-order valence-corrected chi connectivity index (χ4v) is 2.61. The fourth-order valence-electron chi connectivity index (χ4n) is 2.61. The van der Waals surface area contributed by atoms with Gasteiger partial charge in [0.1, 0.15) is 0 Å². The summed E-state index contributed by atoms with van der Waals surface area (Å²) in [6, 6.07) is 8.82. The van der Waals surface area contributed by atoms with Gasteiger partial charge in [-0.3, -0.25) is 4.98 Å². The van der Waals surface area contributed by atoms with Crippen LogP contribution in [0.4, 0.5) is 0 Å². The summed E-state index contributed by atoms with van der Waals surface area (Å²) < 4.78 is 2.21. The molecule has 1 unspecified atom stereocenters. The number of hydrogen-bond donors (Lipinski definition) is 1. The van der Waals surface area contributed by atoms with Crippen molar-refractivity contribution in [3.63, 3.8) is 0 Å². The second kappa shape index (κ2) is 4.10. The predicted octanol–water partition coefficient (Wildman–Crippen LogP) is 2.62. The third-order valence-corrected chi connectivity index (χ3v) is 3.43. The number of aryl methyl sites for hydroxylation is 1. The minimum Gasteiger partial charge on any atom is -0.344 e. The summed E-state index contributed by atoms with van der Waals surface area (Å²) in [7, 11) is 2.09. The number of nitrogens with zero attached hydrogens (tertiary/aromatic N) is 2. The largest absolute Gasteiger partial charge is 0.344 e. The monoisotopic (exact) mass is 239 g/mol. The maximum absolute atomic E-state index is 5.87. The molecule has 0 fully saturated rings. The third kappa shape index (κ3) is 1.68. The number of hydrogen-bond acceptors (Lipinski definition) is 2. The molecule has 0 aliphatic heterocycles. The summed E-state index contributed by atoms with van der Waals surface area (Å²) in [6.45, 7) is 2.04. The molecule has 3 rings (SSSR count). The first-order chi connectivity index (χ1) is 8.66. The number of pyridine rings is 1. The van der Waals surface area contributed by atoms with Crippen molar-refractivity contribution in [1.29, 1.82) is 0 Å². The Morgan fingerprint density at radius 1 is 1.22 bits per heavy atom. The van der Waals surface area contributed by atoms with E-state index in [0.29, 0.717) is 0 Å². The summed E-state index contributed by atoms with van der Waals surface area (Å²) in [5.74, 6) is 0. The van der Waals surface area contributed by atoms with Crippen molar-refractivity contribution >= 4 is 21.8 Å². The van der Waals surface area contributed by atoms with E-state index in [4.69, 9.17) is 5.73 Å². The van der Waals surface area contributed by atoms with Crippen molar-refractivity contribution in [1.82, 2.24) is 9.55 Å². The first kappa shape index (κ1) is 11.2. The highest BCUT2D eigenvalue weighted by Gasteiger charge is 2.08. The van der Waals surface area contributed by atoms with Crippen LogP contribution in [0.5, 0.6) is 0 Å². The molecule has 1 atom stereocenters. The zero-order valence-corrected chi connectivity index (χ0v) is 10.7. The zero-order chi connectivity index (χ0) is 12.7. The second-order valence-electron chi connectivity index (χ2n) is 4.98. The van der Waals surface area contributed by atoms with Gasteiger partial charge in [0.05, 0.1) is 5.52 Å². The highest BCUT2D eigenvalue weighted by Crippen LogP contribution is 2.28. The van der Waals surface area contributed by atoms with Gasteiger partial charge in [-0.05, 0) is 37.1 Å². The molecule has 0 saturated heterocycles. The first-order valence-electron chi connectivity index (χ1n) is 6.23. The van der Waals surface area contributed by atoms with Gasteiger partial charge in [0.25, 0.3) is 0 Å². The minimum absolute atomic E-state index is 0.190. The number of aromatic nitrogens is 2. The van der Waals surface area contributed by atoms with E-state index in [-0.39, 0.29) is 6.04 Å². The van der Waals surface area contributed by atoms with E-state index in [1.807, 2.05) is 19.3 Å². The molecule has 0 aliphatic carbocycles. The normalized spacial score (nSPS) is 13.3. The van der Waals surface area contributed by atoms with E-state index in [1.54, 1.807) is 0 Å². The van der Waals surface area contributed by atoms with Gasteiger partial charge in [-0.2, -0.15) is 0 Å². The molecule has 0 amide bonds. The molecule has 3 aromatic rings. The Labute approximate surface area is 106 Å². The molecule has 92 valence electrons. The van der Waals surface area contributed by atoms with E-state index in [2.05, 4.69) is 40.9 Å². The molecule has 0 saturated carbocycles. The zero-order valence-electron chi connectivity index (χ0n) is 10.7. The van der Waals surface area contributed by atoms with Crippen molar-refractivity contribution in [3.05, 3.63) is 42.2 Å². The Bertz CT molecular complexity index is 710. The lowest BCUT2D eigenvalue weighted by Crippen LogP contribution is -2.17. The molecule has 0 aliphatic rings. The summed E-state index contributed by atoms with van der Waals surface area (Å²) in [5.41, 5.74) is 9.62. The highest BCUT2D eigenvalue weighted by atomic mass is 14.9. The molecule has 0 spiro atoms. The SMILES string of the molecule is CC(N)Cc1ccc2c(c1)c1cnccc1n2C. The second-order valence-corrected chi connectivity index (χ2v) is 4.98. The van der Waals surface area contributed by atoms with Crippen molar-refractivity contribution in [2.24, 2.45) is 12.8 Å². The first-order valence-corrected chi connectivity index (χ1v) is 6.23. The van der Waals surface area contributed by atoms with Gasteiger partial charge in [-0.1, -0.05) is 6.07 Å². The van der Waals surface area contributed by atoms with E-state index < -0.39 is 0 Å². The van der Waals surface area contributed by atoms with Crippen LogP contribution < -0.4 is 5.73 Å². The molecular formula is C15H17N3. The van der Waals surface area contributed by atoms with Gasteiger partial charge in [-0.15, -0.1) is 0 Å². The average molecular weight is 239 g/mol. The minimum atomic E-state index is 0.190. The van der Waals surface area contributed by atoms with E-state index >= 15 is 0 Å². The highest BCUT2D eigenvalue weighted by molar-refractivity contribution is 6.07. The van der Waals surface area contributed by atoms with Gasteiger partial charge in [0.15, 0.2) is 0 Å². The molecule has 2 heterocycles. The summed E-state index contributed by atoms with van der Waals surface area (Å²) >= 11 is 0. The Morgan fingerprint density at radius 3 is 2.78 bits per heavy atom. The smallest absolute Gasteiger partial charge is 0.0519 e. The van der Waals surface area contributed by atoms with Gasteiger partial charge in [0, 0.05) is 41.8 Å². The van der Waals surface area contributed by atoms with Crippen LogP contribution in [0.3, 0.4) is 0 Å². The molecular weight excluding hydrogens is 222 g/mol. The standard InChI is InChI=1S/C15H17N3/c1-10(16)7-11-3-4-14-12(8-11)13-9-17-6-5-15(13)18(14)2/h3-6,8-10H,7,16H2,1-2H3. The summed E-state index contributed by atoms with van der Waals surface area (Å²) in [6.07, 6.45) is 4.68. The van der Waals surface area contributed by atoms with Crippen LogP contribution >= 0.6 is 0 Å². The molecule has 1 aromatic carbocycles. The fraction of sp³-hybridized carbons (Fsp3) is 0.267. The number of fused-ring (bicyclic) bond motifs is 3. The van der Waals surface area contributed by atoms with E-state index in [1.165, 1.54) is 27.4 Å². The topological polar surface area (TPSA) is 43.8 Å². The van der Waals surface area contributed by atoms with Crippen LogP contribution in [0, 0.1) is 0 Å². The number of benzene rings is 1. The Morgan fingerprint density at radius 2 is 2.00 bits per heavy atom. The number of nitrogens with two attached hydrogens (primary N) is 1. The summed E-state index contributed by atoms with van der Waals surface area (Å²) in [4.78, 5) is 4.23. The summed E-state index contributed by atoms with van der Waals surface area (Å²) in [5, 5.41) is 2.47. The lowest BCUT2D eigenvalue weighted by molar-refractivity contribution is 0.739. The molecule has 2 N–H and O–H groups in total. The van der Waals surface area contributed by atoms with Crippen LogP contribution in [-0.2, 0) is 13.5 Å². The quantitative estimate of drug-likeness (QED) is 0.747. The van der Waals surface area contributed by atoms with Gasteiger partial charge in [0.2, 0.25) is 0 Å². The molecule has 3 heteroatoms. The molecule has 0 radical (unpaired) electrons. The Kier molecular flexibility index (Phi) is 2.56. The lowest BCUT2D eigenvalue weighted by atomic mass is 10.0. The van der Waals surface area contributed by atoms with Gasteiger partial charge >= 0.3 is 0 Å². The maximum Gasteiger partial charge on any atom is 0.0519 e. The predicted molar refractivity (Wildman–Crippen MR) is 75.6 cm³/mol. The Hall–Kier alpha value is -1.87. The number of rotatable bonds is 2.